The monoisotopic (exact) mass is 295 g/mol. The topological polar surface area (TPSA) is 48.7 Å². The fourth-order valence-electron chi connectivity index (χ4n) is 2.74. The van der Waals surface area contributed by atoms with Gasteiger partial charge in [0, 0.05) is 11.6 Å². The standard InChI is InChI=1S/C16H18BN3O2/c1-15(2)16(3,4)22-17(21-15)12-6-5-11-7-8-20-10-18-19-14(20)13(11)9-12/h5-10H,1-4H3. The minimum absolute atomic E-state index is 0.340. The molecule has 1 aliphatic rings. The van der Waals surface area contributed by atoms with Crippen molar-refractivity contribution in [3.8, 4) is 0 Å². The van der Waals surface area contributed by atoms with Crippen LogP contribution in [-0.2, 0) is 9.31 Å². The van der Waals surface area contributed by atoms with E-state index < -0.39 is 0 Å². The zero-order valence-electron chi connectivity index (χ0n) is 13.2. The quantitative estimate of drug-likeness (QED) is 0.646. The highest BCUT2D eigenvalue weighted by atomic mass is 16.7. The van der Waals surface area contributed by atoms with E-state index in [0.29, 0.717) is 0 Å². The third-order valence-electron chi connectivity index (χ3n) is 4.83. The molecule has 1 fully saturated rings. The van der Waals surface area contributed by atoms with Crippen LogP contribution < -0.4 is 5.46 Å². The third kappa shape index (κ3) is 1.87. The van der Waals surface area contributed by atoms with Crippen LogP contribution in [0.2, 0.25) is 0 Å². The van der Waals surface area contributed by atoms with Crippen LogP contribution >= 0.6 is 0 Å². The SMILES string of the molecule is CC1(C)OB(c2ccc3ccn4cnnc4c3c2)OC1(C)C. The van der Waals surface area contributed by atoms with E-state index in [1.54, 1.807) is 6.33 Å². The van der Waals surface area contributed by atoms with Gasteiger partial charge in [-0.2, -0.15) is 0 Å². The first-order chi connectivity index (χ1) is 10.4. The molecule has 6 heteroatoms. The van der Waals surface area contributed by atoms with Gasteiger partial charge in [0.1, 0.15) is 6.33 Å². The van der Waals surface area contributed by atoms with Gasteiger partial charge in [-0.15, -0.1) is 10.2 Å². The van der Waals surface area contributed by atoms with Crippen LogP contribution in [0.25, 0.3) is 16.4 Å². The first-order valence-electron chi connectivity index (χ1n) is 7.45. The van der Waals surface area contributed by atoms with Gasteiger partial charge in [-0.3, -0.25) is 4.40 Å². The van der Waals surface area contributed by atoms with Gasteiger partial charge in [-0.05, 0) is 44.6 Å². The summed E-state index contributed by atoms with van der Waals surface area (Å²) < 4.78 is 14.2. The van der Waals surface area contributed by atoms with Crippen LogP contribution in [-0.4, -0.2) is 32.9 Å². The van der Waals surface area contributed by atoms with E-state index in [-0.39, 0.29) is 18.3 Å². The molecule has 5 nitrogen and oxygen atoms in total. The molecule has 0 amide bonds. The van der Waals surface area contributed by atoms with E-state index in [1.807, 2.05) is 10.6 Å². The third-order valence-corrected chi connectivity index (χ3v) is 4.83. The highest BCUT2D eigenvalue weighted by Gasteiger charge is 2.51. The van der Waals surface area contributed by atoms with E-state index in [2.05, 4.69) is 62.2 Å². The molecule has 2 aromatic heterocycles. The van der Waals surface area contributed by atoms with E-state index in [1.165, 1.54) is 0 Å². The lowest BCUT2D eigenvalue weighted by Crippen LogP contribution is -2.41. The van der Waals surface area contributed by atoms with Crippen molar-refractivity contribution in [3.05, 3.63) is 36.8 Å². The molecule has 22 heavy (non-hydrogen) atoms. The molecule has 0 N–H and O–H groups in total. The van der Waals surface area contributed by atoms with Crippen molar-refractivity contribution < 1.29 is 9.31 Å². The first-order valence-corrected chi connectivity index (χ1v) is 7.45. The van der Waals surface area contributed by atoms with Gasteiger partial charge in [-0.25, -0.2) is 0 Å². The maximum absolute atomic E-state index is 6.13. The lowest BCUT2D eigenvalue weighted by atomic mass is 9.78. The first kappa shape index (κ1) is 13.7. The Kier molecular flexibility index (Phi) is 2.69. The zero-order chi connectivity index (χ0) is 15.5. The molecule has 3 heterocycles. The van der Waals surface area contributed by atoms with Crippen molar-refractivity contribution in [2.24, 2.45) is 0 Å². The van der Waals surface area contributed by atoms with Crippen molar-refractivity contribution in [2.45, 2.75) is 38.9 Å². The predicted molar refractivity (Wildman–Crippen MR) is 86.2 cm³/mol. The molecule has 112 valence electrons. The van der Waals surface area contributed by atoms with Crippen LogP contribution in [0.4, 0.5) is 0 Å². The molecule has 0 radical (unpaired) electrons. The van der Waals surface area contributed by atoms with Crippen LogP contribution in [0.15, 0.2) is 36.8 Å². The number of hydrogen-bond donors (Lipinski definition) is 0. The maximum Gasteiger partial charge on any atom is 0.494 e. The summed E-state index contributed by atoms with van der Waals surface area (Å²) in [5, 5.41) is 10.4. The van der Waals surface area contributed by atoms with E-state index in [4.69, 9.17) is 9.31 Å². The second-order valence-corrected chi connectivity index (χ2v) is 6.81. The molecule has 3 aromatic rings. The van der Waals surface area contributed by atoms with Crippen molar-refractivity contribution in [2.75, 3.05) is 0 Å². The fourth-order valence-corrected chi connectivity index (χ4v) is 2.74. The zero-order valence-corrected chi connectivity index (χ0v) is 13.2. The van der Waals surface area contributed by atoms with E-state index in [9.17, 15) is 0 Å². The van der Waals surface area contributed by atoms with Crippen molar-refractivity contribution >= 4 is 29.0 Å². The molecular weight excluding hydrogens is 277 g/mol. The number of rotatable bonds is 1. The van der Waals surface area contributed by atoms with Crippen LogP contribution in [0.3, 0.4) is 0 Å². The minimum Gasteiger partial charge on any atom is -0.399 e. The Morgan fingerprint density at radius 2 is 1.77 bits per heavy atom. The Morgan fingerprint density at radius 1 is 1.05 bits per heavy atom. The Morgan fingerprint density at radius 3 is 2.50 bits per heavy atom. The highest BCUT2D eigenvalue weighted by Crippen LogP contribution is 2.36. The minimum atomic E-state index is -0.363. The summed E-state index contributed by atoms with van der Waals surface area (Å²) in [5.41, 5.74) is 1.17. The van der Waals surface area contributed by atoms with Gasteiger partial charge in [0.2, 0.25) is 0 Å². The van der Waals surface area contributed by atoms with Gasteiger partial charge in [0.05, 0.1) is 11.2 Å². The summed E-state index contributed by atoms with van der Waals surface area (Å²) in [7, 11) is -0.363. The molecule has 0 atom stereocenters. The second-order valence-electron chi connectivity index (χ2n) is 6.81. The molecule has 0 unspecified atom stereocenters. The van der Waals surface area contributed by atoms with Crippen molar-refractivity contribution in [1.82, 2.24) is 14.6 Å². The highest BCUT2D eigenvalue weighted by molar-refractivity contribution is 6.62. The number of nitrogens with zero attached hydrogens (tertiary/aromatic N) is 3. The van der Waals surface area contributed by atoms with Gasteiger partial charge in [0.15, 0.2) is 5.65 Å². The van der Waals surface area contributed by atoms with Gasteiger partial charge in [0.25, 0.3) is 0 Å². The Hall–Kier alpha value is -1.92. The summed E-state index contributed by atoms with van der Waals surface area (Å²) in [6.07, 6.45) is 3.67. The lowest BCUT2D eigenvalue weighted by Gasteiger charge is -2.32. The molecule has 1 aliphatic heterocycles. The Bertz CT molecular complexity index is 856. The predicted octanol–water partition coefficient (Wildman–Crippen LogP) is 2.18. The number of hydrogen-bond acceptors (Lipinski definition) is 4. The summed E-state index contributed by atoms with van der Waals surface area (Å²) in [6.45, 7) is 8.24. The number of aromatic nitrogens is 3. The van der Waals surface area contributed by atoms with Crippen molar-refractivity contribution in [3.63, 3.8) is 0 Å². The molecule has 0 saturated carbocycles. The van der Waals surface area contributed by atoms with Gasteiger partial charge < -0.3 is 9.31 Å². The van der Waals surface area contributed by atoms with E-state index in [0.717, 1.165) is 21.9 Å². The van der Waals surface area contributed by atoms with Crippen LogP contribution in [0.1, 0.15) is 27.7 Å². The molecule has 0 bridgehead atoms. The fraction of sp³-hybridized carbons (Fsp3) is 0.375. The number of pyridine rings is 1. The largest absolute Gasteiger partial charge is 0.494 e. The summed E-state index contributed by atoms with van der Waals surface area (Å²) in [4.78, 5) is 0. The average molecular weight is 295 g/mol. The number of fused-ring (bicyclic) bond motifs is 3. The Labute approximate surface area is 129 Å². The second kappa shape index (κ2) is 4.30. The van der Waals surface area contributed by atoms with Crippen molar-refractivity contribution in [1.29, 1.82) is 0 Å². The molecule has 4 rings (SSSR count). The molecule has 1 aromatic carbocycles. The van der Waals surface area contributed by atoms with Gasteiger partial charge >= 0.3 is 7.12 Å². The maximum atomic E-state index is 6.13. The summed E-state index contributed by atoms with van der Waals surface area (Å²) in [5.74, 6) is 0. The lowest BCUT2D eigenvalue weighted by molar-refractivity contribution is 0.00578. The molecular formula is C16H18BN3O2. The van der Waals surface area contributed by atoms with E-state index >= 15 is 0 Å². The van der Waals surface area contributed by atoms with Crippen LogP contribution in [0.5, 0.6) is 0 Å². The van der Waals surface area contributed by atoms with Crippen LogP contribution in [0, 0.1) is 0 Å². The smallest absolute Gasteiger partial charge is 0.399 e. The number of benzene rings is 1. The summed E-state index contributed by atoms with van der Waals surface area (Å²) in [6, 6.07) is 8.27. The Balaban J connectivity index is 1.83. The molecule has 1 saturated heterocycles. The average Bonchev–Trinajstić information content (AvgIpc) is 3.01. The molecule has 0 aliphatic carbocycles. The van der Waals surface area contributed by atoms with Gasteiger partial charge in [-0.1, -0.05) is 18.2 Å². The normalized spacial score (nSPS) is 20.1. The summed E-state index contributed by atoms with van der Waals surface area (Å²) >= 11 is 0. The molecule has 0 spiro atoms.